The Labute approximate surface area is 295 Å². The highest BCUT2D eigenvalue weighted by molar-refractivity contribution is 7.91. The molecule has 4 aromatic carbocycles. The van der Waals surface area contributed by atoms with Crippen molar-refractivity contribution in [3.63, 3.8) is 0 Å². The molecule has 17 nitrogen and oxygen atoms in total. The Balaban J connectivity index is 1.21. The summed E-state index contributed by atoms with van der Waals surface area (Å²) in [5, 5.41) is 7.75. The molecule has 0 unspecified atom stereocenters. The van der Waals surface area contributed by atoms with Crippen molar-refractivity contribution in [1.29, 1.82) is 0 Å². The van der Waals surface area contributed by atoms with Crippen molar-refractivity contribution in [3.8, 4) is 11.1 Å². The van der Waals surface area contributed by atoms with Crippen LogP contribution in [0.4, 0.5) is 22.7 Å². The van der Waals surface area contributed by atoms with Gasteiger partial charge in [-0.3, -0.25) is 20.4 Å². The minimum absolute atomic E-state index is 0.0789. The van der Waals surface area contributed by atoms with Crippen LogP contribution in [0.5, 0.6) is 0 Å². The molecule has 0 heterocycles. The van der Waals surface area contributed by atoms with Gasteiger partial charge in [0.25, 0.3) is 0 Å². The molecule has 52 heavy (non-hydrogen) atoms. The van der Waals surface area contributed by atoms with Gasteiger partial charge in [0.15, 0.2) is 0 Å². The van der Waals surface area contributed by atoms with E-state index in [1.807, 2.05) is 0 Å². The van der Waals surface area contributed by atoms with E-state index in [9.17, 15) is 48.5 Å². The Morgan fingerprint density at radius 2 is 1.04 bits per heavy atom. The molecular formula is C32H21N6O11S3-3. The number of carbonyl (C=O) groups is 2. The van der Waals surface area contributed by atoms with Crippen LogP contribution in [0.2, 0.25) is 0 Å². The summed E-state index contributed by atoms with van der Waals surface area (Å²) < 4.78 is 106. The van der Waals surface area contributed by atoms with Gasteiger partial charge >= 0.3 is 0 Å². The van der Waals surface area contributed by atoms with Crippen LogP contribution >= 0.6 is 0 Å². The standard InChI is InChI=1S/C32H24N6O11S3/c33-20-6-1-18-12-26(51(44,45)46)29(31(39)24(18)14-20)37-35-21-7-2-16(3-8-21)17-4-9-22(10-5-17)36-38-30-27(52(47,48)49)13-19-11-23(50(41,42)43)15-25(34)28(19)32(30)40/h1-15,35-36H,33-34H2,(H,41,42,43)(H,44,45,46)(H,47,48,49)/p-3. The van der Waals surface area contributed by atoms with Gasteiger partial charge < -0.3 is 25.1 Å². The molecule has 6 N–H and O–H groups in total. The number of hydrazone groups is 2. The monoisotopic (exact) mass is 761 g/mol. The van der Waals surface area contributed by atoms with Crippen molar-refractivity contribution in [2.24, 2.45) is 10.2 Å². The average Bonchev–Trinajstić information content (AvgIpc) is 3.06. The Morgan fingerprint density at radius 1 is 0.558 bits per heavy atom. The van der Waals surface area contributed by atoms with Gasteiger partial charge in [-0.15, -0.1) is 0 Å². The van der Waals surface area contributed by atoms with Crippen molar-refractivity contribution in [1.82, 2.24) is 0 Å². The first-order valence-corrected chi connectivity index (χ1v) is 18.7. The topological polar surface area (TPSA) is 307 Å². The molecule has 4 aromatic rings. The van der Waals surface area contributed by atoms with Crippen molar-refractivity contribution < 1.29 is 48.5 Å². The van der Waals surface area contributed by atoms with Gasteiger partial charge in [-0.05, 0) is 82.9 Å². The van der Waals surface area contributed by atoms with Crippen molar-refractivity contribution in [2.75, 3.05) is 22.3 Å². The number of nitrogens with zero attached hydrogens (tertiary/aromatic N) is 2. The van der Waals surface area contributed by atoms with E-state index in [0.717, 1.165) is 18.2 Å². The number of nitrogens with two attached hydrogens (primary N) is 2. The van der Waals surface area contributed by atoms with Crippen molar-refractivity contribution >= 4 is 88.2 Å². The predicted octanol–water partition coefficient (Wildman–Crippen LogP) is 2.52. The highest BCUT2D eigenvalue weighted by atomic mass is 32.2. The third-order valence-electron chi connectivity index (χ3n) is 7.72. The highest BCUT2D eigenvalue weighted by Gasteiger charge is 2.32. The zero-order chi connectivity index (χ0) is 37.7. The number of allylic oxidation sites excluding steroid dienone is 2. The summed E-state index contributed by atoms with van der Waals surface area (Å²) in [6.45, 7) is 0. The summed E-state index contributed by atoms with van der Waals surface area (Å²) in [6.07, 6.45) is 1.76. The maximum absolute atomic E-state index is 13.2. The van der Waals surface area contributed by atoms with Crippen LogP contribution in [0, 0.1) is 0 Å². The molecule has 2 aliphatic carbocycles. The second-order valence-corrected chi connectivity index (χ2v) is 15.2. The Kier molecular flexibility index (Phi) is 8.90. The zero-order valence-corrected chi connectivity index (χ0v) is 28.4. The Bertz CT molecular complexity index is 2690. The quantitative estimate of drug-likeness (QED) is 0.114. The largest absolute Gasteiger partial charge is 0.744 e. The number of fused-ring (bicyclic) bond motifs is 2. The number of benzene rings is 4. The molecular weight excluding hydrogens is 741 g/mol. The summed E-state index contributed by atoms with van der Waals surface area (Å²) >= 11 is 0. The molecule has 0 radical (unpaired) electrons. The maximum Gasteiger partial charge on any atom is 0.217 e. The SMILES string of the molecule is Nc1ccc2c(c1)C(=O)C(=NNc1ccc(-c3ccc(NN=C4C(=O)c5c(N)cc(S(=O)(=O)[O-])cc5C=C4S(=O)(=O)[O-])cc3)cc1)C(S(=O)(=O)[O-])=C2. The first-order chi connectivity index (χ1) is 24.3. The van der Waals surface area contributed by atoms with Crippen molar-refractivity contribution in [3.05, 3.63) is 111 Å². The van der Waals surface area contributed by atoms with Crippen LogP contribution < -0.4 is 22.3 Å². The lowest BCUT2D eigenvalue weighted by Gasteiger charge is -2.22. The maximum atomic E-state index is 13.2. The molecule has 0 amide bonds. The molecule has 0 saturated carbocycles. The van der Waals surface area contributed by atoms with E-state index in [-0.39, 0.29) is 33.6 Å². The molecule has 2 aliphatic rings. The highest BCUT2D eigenvalue weighted by Crippen LogP contribution is 2.33. The van der Waals surface area contributed by atoms with Crippen LogP contribution in [0.1, 0.15) is 31.8 Å². The number of Topliss-reactive ketones (excluding diaryl/α,β-unsaturated/α-hetero) is 2. The van der Waals surface area contributed by atoms with E-state index >= 15 is 0 Å². The van der Waals surface area contributed by atoms with Crippen LogP contribution in [-0.2, 0) is 30.4 Å². The van der Waals surface area contributed by atoms with Gasteiger partial charge in [0.05, 0.1) is 31.6 Å². The summed E-state index contributed by atoms with van der Waals surface area (Å²) in [5.74, 6) is -1.91. The number of carbonyl (C=O) groups excluding carboxylic acids is 2. The third kappa shape index (κ3) is 7.10. The van der Waals surface area contributed by atoms with Gasteiger partial charge in [-0.25, -0.2) is 25.3 Å². The van der Waals surface area contributed by atoms with E-state index in [1.165, 1.54) is 30.3 Å². The van der Waals surface area contributed by atoms with Gasteiger partial charge in [0.1, 0.15) is 41.8 Å². The number of hydrogen-bond donors (Lipinski definition) is 4. The molecule has 0 bridgehead atoms. The van der Waals surface area contributed by atoms with Crippen LogP contribution in [0.3, 0.4) is 0 Å². The minimum atomic E-state index is -5.33. The lowest BCUT2D eigenvalue weighted by Crippen LogP contribution is -2.28. The first kappa shape index (κ1) is 35.8. The second-order valence-electron chi connectivity index (χ2n) is 11.2. The molecule has 0 aromatic heterocycles. The Hall–Kier alpha value is -6.03. The molecule has 0 aliphatic heterocycles. The smallest absolute Gasteiger partial charge is 0.217 e. The number of anilines is 4. The molecule has 6 rings (SSSR count). The number of hydrogen-bond acceptors (Lipinski definition) is 17. The summed E-state index contributed by atoms with van der Waals surface area (Å²) in [6, 6.07) is 18.5. The van der Waals surface area contributed by atoms with Crippen LogP contribution in [0.25, 0.3) is 23.3 Å². The Morgan fingerprint density at radius 3 is 1.52 bits per heavy atom. The molecule has 266 valence electrons. The van der Waals surface area contributed by atoms with E-state index in [4.69, 9.17) is 11.5 Å². The van der Waals surface area contributed by atoms with Crippen LogP contribution in [0.15, 0.2) is 104 Å². The number of ketones is 2. The summed E-state index contributed by atoms with van der Waals surface area (Å²) in [5.41, 5.74) is 16.5. The second kappa shape index (κ2) is 12.9. The van der Waals surface area contributed by atoms with E-state index in [2.05, 4.69) is 21.1 Å². The van der Waals surface area contributed by atoms with Crippen molar-refractivity contribution in [2.45, 2.75) is 4.90 Å². The number of rotatable bonds is 8. The minimum Gasteiger partial charge on any atom is -0.744 e. The molecule has 0 atom stereocenters. The normalized spacial score (nSPS) is 16.2. The number of nitrogen functional groups attached to an aromatic ring is 2. The predicted molar refractivity (Wildman–Crippen MR) is 188 cm³/mol. The fourth-order valence-electron chi connectivity index (χ4n) is 5.27. The van der Waals surface area contributed by atoms with Crippen LogP contribution in [-0.4, -0.2) is 61.9 Å². The number of nitrogens with one attached hydrogen (secondary N) is 2. The van der Waals surface area contributed by atoms with E-state index in [1.54, 1.807) is 36.4 Å². The fourth-order valence-corrected chi connectivity index (χ4v) is 7.11. The molecule has 0 fully saturated rings. The molecule has 0 saturated heterocycles. The van der Waals surface area contributed by atoms with Gasteiger partial charge in [-0.1, -0.05) is 30.3 Å². The molecule has 20 heteroatoms. The summed E-state index contributed by atoms with van der Waals surface area (Å²) in [4.78, 5) is 23.6. The fraction of sp³-hybridized carbons (Fsp3) is 0. The summed E-state index contributed by atoms with van der Waals surface area (Å²) in [7, 11) is -15.4. The first-order valence-electron chi connectivity index (χ1n) is 14.4. The van der Waals surface area contributed by atoms with Gasteiger partial charge in [-0.2, -0.15) is 10.2 Å². The lowest BCUT2D eigenvalue weighted by molar-refractivity contribution is 0.105. The third-order valence-corrected chi connectivity index (χ3v) is 10.2. The molecule has 0 spiro atoms. The van der Waals surface area contributed by atoms with E-state index in [0.29, 0.717) is 22.9 Å². The zero-order valence-electron chi connectivity index (χ0n) is 25.9. The van der Waals surface area contributed by atoms with Gasteiger partial charge in [0, 0.05) is 16.9 Å². The van der Waals surface area contributed by atoms with E-state index < -0.39 is 73.7 Å². The average molecular weight is 762 g/mol. The van der Waals surface area contributed by atoms with Gasteiger partial charge in [0.2, 0.25) is 11.6 Å². The lowest BCUT2D eigenvalue weighted by atomic mass is 9.93.